The first-order valence-electron chi connectivity index (χ1n) is 4.30. The summed E-state index contributed by atoms with van der Waals surface area (Å²) >= 11 is 0. The van der Waals surface area contributed by atoms with Crippen LogP contribution in [-0.4, -0.2) is 19.3 Å². The molecule has 0 bridgehead atoms. The third-order valence-corrected chi connectivity index (χ3v) is 6.68. The van der Waals surface area contributed by atoms with Gasteiger partial charge < -0.3 is 5.11 Å². The second-order valence-electron chi connectivity index (χ2n) is 4.44. The number of aliphatic hydroxyl groups excluding tert-OH is 1. The van der Waals surface area contributed by atoms with Gasteiger partial charge in [0, 0.05) is 0 Å². The highest BCUT2D eigenvalue weighted by molar-refractivity contribution is 6.84. The lowest BCUT2D eigenvalue weighted by molar-refractivity contribution is 0.121. The van der Waals surface area contributed by atoms with E-state index in [0.29, 0.717) is 5.92 Å². The first-order chi connectivity index (χ1) is 4.93. The van der Waals surface area contributed by atoms with Gasteiger partial charge in [-0.15, -0.1) is 6.58 Å². The van der Waals surface area contributed by atoms with Gasteiger partial charge in [0.15, 0.2) is 0 Å². The van der Waals surface area contributed by atoms with Crippen LogP contribution in [0.15, 0.2) is 11.8 Å². The molecule has 1 aliphatic rings. The van der Waals surface area contributed by atoms with E-state index in [1.165, 1.54) is 11.2 Å². The molecule has 2 atom stereocenters. The lowest BCUT2D eigenvalue weighted by Crippen LogP contribution is -2.41. The second-order valence-corrected chi connectivity index (χ2v) is 9.32. The molecule has 0 amide bonds. The quantitative estimate of drug-likeness (QED) is 0.553. The molecule has 0 aromatic rings. The Bertz CT molecular complexity index is 174. The van der Waals surface area contributed by atoms with Crippen molar-refractivity contribution in [2.24, 2.45) is 5.92 Å². The van der Waals surface area contributed by atoms with Crippen molar-refractivity contribution in [3.63, 3.8) is 0 Å². The summed E-state index contributed by atoms with van der Waals surface area (Å²) < 4.78 is 0. The van der Waals surface area contributed by atoms with E-state index in [0.717, 1.165) is 6.42 Å². The highest BCUT2D eigenvalue weighted by Crippen LogP contribution is 2.34. The largest absolute Gasteiger partial charge is 0.393 e. The highest BCUT2D eigenvalue weighted by atomic mass is 28.3. The molecule has 1 heterocycles. The Morgan fingerprint density at radius 2 is 2.09 bits per heavy atom. The molecule has 0 aromatic carbocycles. The average molecular weight is 170 g/mol. The monoisotopic (exact) mass is 170 g/mol. The van der Waals surface area contributed by atoms with E-state index < -0.39 is 8.07 Å². The molecule has 1 N–H and O–H groups in total. The third kappa shape index (κ3) is 1.74. The molecule has 0 spiro atoms. The summed E-state index contributed by atoms with van der Waals surface area (Å²) in [5.41, 5.74) is 0. The Morgan fingerprint density at radius 1 is 1.55 bits per heavy atom. The van der Waals surface area contributed by atoms with Crippen LogP contribution in [0.1, 0.15) is 13.3 Å². The van der Waals surface area contributed by atoms with Crippen LogP contribution < -0.4 is 0 Å². The lowest BCUT2D eigenvalue weighted by atomic mass is 10.0. The molecule has 0 unspecified atom stereocenters. The summed E-state index contributed by atoms with van der Waals surface area (Å²) in [5.74, 6) is 0.488. The molecule has 0 radical (unpaired) electrons. The minimum atomic E-state index is -1.15. The maximum atomic E-state index is 9.54. The summed E-state index contributed by atoms with van der Waals surface area (Å²) in [6, 6.07) is 1.20. The van der Waals surface area contributed by atoms with Gasteiger partial charge in [0.25, 0.3) is 0 Å². The van der Waals surface area contributed by atoms with E-state index in [-0.39, 0.29) is 6.10 Å². The maximum absolute atomic E-state index is 9.54. The summed E-state index contributed by atoms with van der Waals surface area (Å²) in [7, 11) is -1.15. The maximum Gasteiger partial charge on any atom is 0.0751 e. The van der Waals surface area contributed by atoms with Gasteiger partial charge in [-0.2, -0.15) is 0 Å². The van der Waals surface area contributed by atoms with Crippen LogP contribution in [0.4, 0.5) is 0 Å². The van der Waals surface area contributed by atoms with Crippen LogP contribution in [0.25, 0.3) is 0 Å². The number of rotatable bonds is 0. The number of hydrogen-bond donors (Lipinski definition) is 1. The molecule has 64 valence electrons. The Labute approximate surface area is 70.1 Å². The summed E-state index contributed by atoms with van der Waals surface area (Å²) in [4.78, 5) is 0. The predicted octanol–water partition coefficient (Wildman–Crippen LogP) is 2.19. The molecule has 1 fully saturated rings. The van der Waals surface area contributed by atoms with Crippen molar-refractivity contribution in [1.29, 1.82) is 0 Å². The summed E-state index contributed by atoms with van der Waals surface area (Å²) in [6.07, 6.45) is 0.725. The molecule has 0 aliphatic carbocycles. The van der Waals surface area contributed by atoms with Gasteiger partial charge in [-0.25, -0.2) is 0 Å². The van der Waals surface area contributed by atoms with E-state index in [1.807, 2.05) is 0 Å². The highest BCUT2D eigenvalue weighted by Gasteiger charge is 2.35. The normalized spacial score (nSPS) is 37.3. The fraction of sp³-hybridized carbons (Fsp3) is 0.778. The van der Waals surface area contributed by atoms with Crippen LogP contribution in [0.5, 0.6) is 0 Å². The fourth-order valence-electron chi connectivity index (χ4n) is 1.82. The fourth-order valence-corrected chi connectivity index (χ4v) is 4.75. The Morgan fingerprint density at radius 3 is 2.55 bits per heavy atom. The summed E-state index contributed by atoms with van der Waals surface area (Å²) in [6.45, 7) is 10.9. The Hall–Kier alpha value is -0.0831. The minimum absolute atomic E-state index is 0.122. The van der Waals surface area contributed by atoms with Crippen molar-refractivity contribution >= 4 is 8.07 Å². The van der Waals surface area contributed by atoms with Gasteiger partial charge in [-0.1, -0.05) is 25.2 Å². The van der Waals surface area contributed by atoms with Crippen LogP contribution in [0, 0.1) is 5.92 Å². The first kappa shape index (κ1) is 9.01. The molecule has 11 heavy (non-hydrogen) atoms. The van der Waals surface area contributed by atoms with Crippen LogP contribution in [-0.2, 0) is 0 Å². The molecular formula is C9H18OSi. The van der Waals surface area contributed by atoms with Crippen molar-refractivity contribution in [2.45, 2.75) is 38.6 Å². The average Bonchev–Trinajstić information content (AvgIpc) is 1.83. The smallest absolute Gasteiger partial charge is 0.0751 e. The van der Waals surface area contributed by atoms with E-state index in [2.05, 4.69) is 26.6 Å². The van der Waals surface area contributed by atoms with E-state index in [9.17, 15) is 5.11 Å². The van der Waals surface area contributed by atoms with Crippen molar-refractivity contribution in [3.8, 4) is 0 Å². The van der Waals surface area contributed by atoms with Gasteiger partial charge in [-0.3, -0.25) is 0 Å². The molecule has 1 nitrogen and oxygen atoms in total. The molecule has 0 saturated carbocycles. The molecule has 1 aliphatic heterocycles. The lowest BCUT2D eigenvalue weighted by Gasteiger charge is -2.37. The zero-order valence-electron chi connectivity index (χ0n) is 7.72. The molecule has 2 heteroatoms. The van der Waals surface area contributed by atoms with Gasteiger partial charge >= 0.3 is 0 Å². The predicted molar refractivity (Wildman–Crippen MR) is 51.2 cm³/mol. The van der Waals surface area contributed by atoms with Crippen LogP contribution in [0.3, 0.4) is 0 Å². The first-order valence-corrected chi connectivity index (χ1v) is 7.50. The van der Waals surface area contributed by atoms with Gasteiger partial charge in [0.05, 0.1) is 14.2 Å². The standard InChI is InChI=1S/C9H18OSi/c1-7-6-11(3,4)8(2)5-9(7)10/h7,9-10H,2,5-6H2,1,3-4H3/t7-,9+/m1/s1. The second kappa shape index (κ2) is 2.76. The van der Waals surface area contributed by atoms with Crippen molar-refractivity contribution < 1.29 is 5.11 Å². The van der Waals surface area contributed by atoms with E-state index >= 15 is 0 Å². The van der Waals surface area contributed by atoms with Crippen molar-refractivity contribution in [1.82, 2.24) is 0 Å². The van der Waals surface area contributed by atoms with Crippen molar-refractivity contribution in [3.05, 3.63) is 11.8 Å². The van der Waals surface area contributed by atoms with Crippen LogP contribution in [0.2, 0.25) is 19.1 Å². The zero-order chi connectivity index (χ0) is 8.65. The van der Waals surface area contributed by atoms with Crippen LogP contribution >= 0.6 is 0 Å². The Balaban J connectivity index is 2.71. The Kier molecular flexibility index (Phi) is 2.26. The summed E-state index contributed by atoms with van der Waals surface area (Å²) in [5, 5.41) is 10.9. The van der Waals surface area contributed by atoms with Gasteiger partial charge in [0.1, 0.15) is 0 Å². The zero-order valence-corrected chi connectivity index (χ0v) is 8.72. The number of aliphatic hydroxyl groups is 1. The van der Waals surface area contributed by atoms with Gasteiger partial charge in [0.2, 0.25) is 0 Å². The minimum Gasteiger partial charge on any atom is -0.393 e. The number of hydrogen-bond acceptors (Lipinski definition) is 1. The third-order valence-electron chi connectivity index (χ3n) is 2.90. The van der Waals surface area contributed by atoms with E-state index in [4.69, 9.17) is 0 Å². The SMILES string of the molecule is C=C1C[C@H](O)[C@H](C)C[Si]1(C)C. The van der Waals surface area contributed by atoms with E-state index in [1.54, 1.807) is 0 Å². The van der Waals surface area contributed by atoms with Crippen molar-refractivity contribution in [2.75, 3.05) is 0 Å². The van der Waals surface area contributed by atoms with Gasteiger partial charge in [-0.05, 0) is 18.4 Å². The molecule has 1 rings (SSSR count). The molecule has 0 aromatic heterocycles. The molecule has 1 saturated heterocycles. The topological polar surface area (TPSA) is 20.2 Å². The molecular weight excluding hydrogens is 152 g/mol.